The summed E-state index contributed by atoms with van der Waals surface area (Å²) in [7, 11) is 1.54. The van der Waals surface area contributed by atoms with Crippen LogP contribution in [-0.4, -0.2) is 88.5 Å². The third-order valence-electron chi connectivity index (χ3n) is 7.19. The standard InChI is InChI=1S/C28H37FN6O4/c1-17-11-19-14-30-35(25-13-24(31-26(32-25)37-6)33-9-10-38-18(2)15-33)23(19)12-21(17)20-7-8-34(16-22(20)29)27(36)39-28(3,4)5/h11-14,18,20,22H,7-10,15-16H2,1-6H3. The normalized spacial score (nSPS) is 22.3. The molecule has 3 unspecified atom stereocenters. The van der Waals surface area contributed by atoms with Gasteiger partial charge in [-0.25, -0.2) is 13.9 Å². The SMILES string of the molecule is COc1nc(N2CCOC(C)C2)cc(-n2ncc3cc(C)c(C4CCN(C(=O)OC(C)(C)C)CC4F)cc32)n1. The highest BCUT2D eigenvalue weighted by molar-refractivity contribution is 5.82. The fraction of sp³-hybridized carbons (Fsp3) is 0.571. The molecule has 2 saturated heterocycles. The van der Waals surface area contributed by atoms with Crippen LogP contribution in [0.3, 0.4) is 0 Å². The Labute approximate surface area is 228 Å². The van der Waals surface area contributed by atoms with Crippen LogP contribution in [0.5, 0.6) is 6.01 Å². The minimum atomic E-state index is -1.21. The van der Waals surface area contributed by atoms with Gasteiger partial charge in [-0.2, -0.15) is 15.1 Å². The van der Waals surface area contributed by atoms with E-state index in [1.807, 2.05) is 52.8 Å². The average Bonchev–Trinajstić information content (AvgIpc) is 3.29. The highest BCUT2D eigenvalue weighted by atomic mass is 19.1. The Morgan fingerprint density at radius 2 is 1.90 bits per heavy atom. The first kappa shape index (κ1) is 27.1. The monoisotopic (exact) mass is 540 g/mol. The van der Waals surface area contributed by atoms with Crippen molar-refractivity contribution in [3.63, 3.8) is 0 Å². The average molecular weight is 541 g/mol. The maximum absolute atomic E-state index is 15.6. The Bertz CT molecular complexity index is 1360. The molecule has 0 N–H and O–H groups in total. The topological polar surface area (TPSA) is 94.8 Å². The largest absolute Gasteiger partial charge is 0.467 e. The van der Waals surface area contributed by atoms with Gasteiger partial charge in [0.15, 0.2) is 5.82 Å². The number of fused-ring (bicyclic) bond motifs is 1. The van der Waals surface area contributed by atoms with E-state index >= 15 is 4.39 Å². The lowest BCUT2D eigenvalue weighted by molar-refractivity contribution is 0.0111. The van der Waals surface area contributed by atoms with Gasteiger partial charge in [0.1, 0.15) is 17.6 Å². The van der Waals surface area contributed by atoms with Crippen LogP contribution in [0.15, 0.2) is 24.4 Å². The van der Waals surface area contributed by atoms with E-state index in [1.165, 1.54) is 4.90 Å². The van der Waals surface area contributed by atoms with Crippen LogP contribution in [0.1, 0.15) is 51.2 Å². The van der Waals surface area contributed by atoms with Gasteiger partial charge in [-0.15, -0.1) is 0 Å². The maximum Gasteiger partial charge on any atom is 0.410 e. The summed E-state index contributed by atoms with van der Waals surface area (Å²) in [6.07, 6.45) is 0.691. The molecular formula is C28H37FN6O4. The van der Waals surface area contributed by atoms with Gasteiger partial charge in [0.05, 0.1) is 38.1 Å². The maximum atomic E-state index is 15.6. The summed E-state index contributed by atoms with van der Waals surface area (Å²) in [6, 6.07) is 6.17. The van der Waals surface area contributed by atoms with Crippen LogP contribution >= 0.6 is 0 Å². The quantitative estimate of drug-likeness (QED) is 0.480. The number of benzene rings is 1. The minimum Gasteiger partial charge on any atom is -0.467 e. The number of halogens is 1. The summed E-state index contributed by atoms with van der Waals surface area (Å²) < 4.78 is 33.9. The summed E-state index contributed by atoms with van der Waals surface area (Å²) in [5, 5.41) is 5.55. The van der Waals surface area contributed by atoms with Gasteiger partial charge in [0.25, 0.3) is 0 Å². The van der Waals surface area contributed by atoms with E-state index in [2.05, 4.69) is 20.0 Å². The highest BCUT2D eigenvalue weighted by Gasteiger charge is 2.35. The van der Waals surface area contributed by atoms with Crippen molar-refractivity contribution in [2.45, 2.75) is 64.8 Å². The number of aryl methyl sites for hydroxylation is 1. The van der Waals surface area contributed by atoms with Crippen molar-refractivity contribution in [3.8, 4) is 11.8 Å². The van der Waals surface area contributed by atoms with Gasteiger partial charge in [-0.3, -0.25) is 0 Å². The summed E-state index contributed by atoms with van der Waals surface area (Å²) in [5.41, 5.74) is 2.09. The first-order chi connectivity index (χ1) is 18.5. The Balaban J connectivity index is 1.45. The molecule has 1 aromatic carbocycles. The molecule has 2 aliphatic heterocycles. The lowest BCUT2D eigenvalue weighted by Crippen LogP contribution is -2.46. The molecule has 5 rings (SSSR count). The molecule has 0 aliphatic carbocycles. The fourth-order valence-corrected chi connectivity index (χ4v) is 5.32. The van der Waals surface area contributed by atoms with Gasteiger partial charge in [0, 0.05) is 37.0 Å². The zero-order chi connectivity index (χ0) is 27.9. The van der Waals surface area contributed by atoms with Crippen LogP contribution in [-0.2, 0) is 9.47 Å². The molecule has 2 aromatic heterocycles. The number of carbonyl (C=O) groups is 1. The number of morpholine rings is 1. The van der Waals surface area contributed by atoms with Crippen LogP contribution in [0, 0.1) is 6.92 Å². The van der Waals surface area contributed by atoms with E-state index in [9.17, 15) is 4.79 Å². The van der Waals surface area contributed by atoms with E-state index in [1.54, 1.807) is 18.0 Å². The van der Waals surface area contributed by atoms with Gasteiger partial charge >= 0.3 is 12.1 Å². The highest BCUT2D eigenvalue weighted by Crippen LogP contribution is 2.36. The summed E-state index contributed by atoms with van der Waals surface area (Å²) in [6.45, 7) is 11.9. The van der Waals surface area contributed by atoms with Crippen molar-refractivity contribution in [2.75, 3.05) is 44.8 Å². The predicted molar refractivity (Wildman–Crippen MR) is 146 cm³/mol. The number of nitrogens with zero attached hydrogens (tertiary/aromatic N) is 6. The first-order valence-electron chi connectivity index (χ1n) is 13.4. The minimum absolute atomic E-state index is 0.000754. The Hall–Kier alpha value is -3.47. The predicted octanol–water partition coefficient (Wildman–Crippen LogP) is 4.42. The number of likely N-dealkylation sites (tertiary alicyclic amines) is 1. The van der Waals surface area contributed by atoms with Crippen LogP contribution < -0.4 is 9.64 Å². The molecule has 10 nitrogen and oxygen atoms in total. The molecule has 3 atom stereocenters. The van der Waals surface area contributed by atoms with Crippen molar-refractivity contribution in [2.24, 2.45) is 0 Å². The second kappa shape index (κ2) is 10.6. The number of carbonyl (C=O) groups excluding carboxylic acids is 1. The number of amides is 1. The Morgan fingerprint density at radius 3 is 2.59 bits per heavy atom. The second-order valence-electron chi connectivity index (χ2n) is 11.4. The van der Waals surface area contributed by atoms with Crippen molar-refractivity contribution < 1.29 is 23.4 Å². The smallest absolute Gasteiger partial charge is 0.410 e. The van der Waals surface area contributed by atoms with Crippen molar-refractivity contribution in [1.82, 2.24) is 24.6 Å². The van der Waals surface area contributed by atoms with E-state index in [-0.39, 0.29) is 24.6 Å². The van der Waals surface area contributed by atoms with Crippen molar-refractivity contribution in [3.05, 3.63) is 35.5 Å². The second-order valence-corrected chi connectivity index (χ2v) is 11.4. The summed E-state index contributed by atoms with van der Waals surface area (Å²) >= 11 is 0. The Morgan fingerprint density at radius 1 is 1.13 bits per heavy atom. The van der Waals surface area contributed by atoms with E-state index in [0.29, 0.717) is 38.5 Å². The number of ether oxygens (including phenoxy) is 3. The van der Waals surface area contributed by atoms with Crippen LogP contribution in [0.25, 0.3) is 16.7 Å². The third-order valence-corrected chi connectivity index (χ3v) is 7.19. The summed E-state index contributed by atoms with van der Waals surface area (Å²) in [4.78, 5) is 25.3. The van der Waals surface area contributed by atoms with Gasteiger partial charge in [0.2, 0.25) is 0 Å². The molecule has 11 heteroatoms. The number of rotatable bonds is 4. The zero-order valence-corrected chi connectivity index (χ0v) is 23.5. The Kier molecular flexibility index (Phi) is 7.37. The number of alkyl halides is 1. The lowest BCUT2D eigenvalue weighted by Gasteiger charge is -2.36. The van der Waals surface area contributed by atoms with E-state index < -0.39 is 17.9 Å². The van der Waals surface area contributed by atoms with Crippen molar-refractivity contribution >= 4 is 22.8 Å². The molecule has 2 aliphatic rings. The molecular weight excluding hydrogens is 503 g/mol. The molecule has 0 saturated carbocycles. The van der Waals surface area contributed by atoms with E-state index in [0.717, 1.165) is 27.8 Å². The molecule has 0 radical (unpaired) electrons. The molecule has 39 heavy (non-hydrogen) atoms. The third kappa shape index (κ3) is 5.78. The molecule has 1 amide bonds. The lowest BCUT2D eigenvalue weighted by atomic mass is 9.85. The number of methoxy groups -OCH3 is 1. The number of hydrogen-bond acceptors (Lipinski definition) is 8. The number of anilines is 1. The first-order valence-corrected chi connectivity index (χ1v) is 13.4. The number of aromatic nitrogens is 4. The number of piperidine rings is 1. The summed E-state index contributed by atoms with van der Waals surface area (Å²) in [5.74, 6) is 0.959. The van der Waals surface area contributed by atoms with Crippen molar-refractivity contribution in [1.29, 1.82) is 0 Å². The van der Waals surface area contributed by atoms with Gasteiger partial charge in [-0.1, -0.05) is 0 Å². The van der Waals surface area contributed by atoms with Crippen LogP contribution in [0.2, 0.25) is 0 Å². The van der Waals surface area contributed by atoms with Gasteiger partial charge in [-0.05, 0) is 64.3 Å². The molecule has 0 spiro atoms. The molecule has 4 heterocycles. The zero-order valence-electron chi connectivity index (χ0n) is 23.5. The molecule has 0 bridgehead atoms. The molecule has 2 fully saturated rings. The van der Waals surface area contributed by atoms with Crippen LogP contribution in [0.4, 0.5) is 15.0 Å². The van der Waals surface area contributed by atoms with E-state index in [4.69, 9.17) is 14.2 Å². The van der Waals surface area contributed by atoms with Gasteiger partial charge < -0.3 is 24.0 Å². The number of hydrogen-bond donors (Lipinski definition) is 0. The fourth-order valence-electron chi connectivity index (χ4n) is 5.32. The molecule has 210 valence electrons. The molecule has 3 aromatic rings.